The Morgan fingerprint density at radius 1 is 1.02 bits per heavy atom. The minimum absolute atomic E-state index is 0.135. The van der Waals surface area contributed by atoms with E-state index < -0.39 is 127 Å². The number of benzene rings is 1. The molecule has 2 saturated heterocycles. The van der Waals surface area contributed by atoms with E-state index >= 15 is 0 Å². The third kappa shape index (κ3) is 6.08. The summed E-state index contributed by atoms with van der Waals surface area (Å²) in [6.45, 7) is 4.86. The van der Waals surface area contributed by atoms with Gasteiger partial charge in [0.05, 0.1) is 17.2 Å². The normalized spacial score (nSPS) is 31.6. The van der Waals surface area contributed by atoms with E-state index in [0.29, 0.717) is 5.56 Å². The van der Waals surface area contributed by atoms with Crippen LogP contribution in [0.5, 0.6) is 5.75 Å². The summed E-state index contributed by atoms with van der Waals surface area (Å²) in [5.74, 6) is -13.0. The molecule has 1 aromatic carbocycles. The Morgan fingerprint density at radius 3 is 2.21 bits per heavy atom. The Balaban J connectivity index is 0.000000199. The number of β-lactam (4-membered cyclic amide) rings is 1. The summed E-state index contributed by atoms with van der Waals surface area (Å²) in [5, 5.41) is 79.0. The summed E-state index contributed by atoms with van der Waals surface area (Å²) in [7, 11) is 3.06. The van der Waals surface area contributed by atoms with Gasteiger partial charge in [0.1, 0.15) is 40.3 Å². The maximum Gasteiger partial charge on any atom is 0.327 e. The number of carboxylic acids is 2. The molecule has 18 nitrogen and oxygen atoms in total. The van der Waals surface area contributed by atoms with Gasteiger partial charge in [-0.05, 0) is 75.3 Å². The summed E-state index contributed by atoms with van der Waals surface area (Å²) in [6.07, 6.45) is -0.200. The number of likely N-dealkylation sites (N-methyl/N-ethyl adjacent to an activating group) is 1. The molecule has 20 heteroatoms. The quantitative estimate of drug-likeness (QED) is 0.103. The minimum atomic E-state index is -2.75. The molecule has 2 aromatic rings. The number of fused-ring (bicyclic) bond motifs is 4. The van der Waals surface area contributed by atoms with Crippen LogP contribution in [0, 0.1) is 11.8 Å². The van der Waals surface area contributed by atoms with Gasteiger partial charge in [-0.1, -0.05) is 12.1 Å². The van der Waals surface area contributed by atoms with Crippen LogP contribution < -0.4 is 11.1 Å². The standard InChI is InChI=1S/C22H24N2O8.C15H16N2O6S2/c1-21(31)8-5-4-6-11(25)12(8)16(26)13-9(21)7-10-15(24(2)3)17(27)14(20(23)30)19(29)22(10,32)18(13)28;1-15(2)9(14(22)23)17-11(19)8(12(17)25-15)16-10(18)7(13(20)21)6-3-4-24-5-6/h4-6,9-10,15,25,27-28,31-32H,7H2,1-3H3,(H2,23,30);3-5,7-9,12H,1-2H3,(H,16,18)(H,20,21)(H,22,23)/t9-,10-,15-,21+,22-;7-,8-,9+,12-/m01/s1. The molecule has 0 saturated carbocycles. The number of hydrogen-bond acceptors (Lipinski definition) is 15. The van der Waals surface area contributed by atoms with Gasteiger partial charge in [0.15, 0.2) is 17.3 Å². The predicted octanol–water partition coefficient (Wildman–Crippen LogP) is 0.334. The summed E-state index contributed by atoms with van der Waals surface area (Å²) < 4.78 is -0.703. The molecule has 3 amide bonds. The van der Waals surface area contributed by atoms with Gasteiger partial charge < -0.3 is 51.7 Å². The van der Waals surface area contributed by atoms with Crippen molar-refractivity contribution < 1.29 is 69.3 Å². The molecule has 5 aliphatic rings. The van der Waals surface area contributed by atoms with Gasteiger partial charge in [0.25, 0.3) is 5.91 Å². The molecule has 0 bridgehead atoms. The summed E-state index contributed by atoms with van der Waals surface area (Å²) in [4.78, 5) is 88.8. The number of ketones is 2. The monoisotopic (exact) mass is 828 g/mol. The van der Waals surface area contributed by atoms with Gasteiger partial charge in [-0.3, -0.25) is 33.7 Å². The fraction of sp³-hybridized carbons (Fsp3) is 0.432. The van der Waals surface area contributed by atoms with Crippen LogP contribution in [0.15, 0.2) is 57.7 Å². The molecule has 0 radical (unpaired) electrons. The van der Waals surface area contributed by atoms with Crippen LogP contribution in [0.25, 0.3) is 0 Å². The van der Waals surface area contributed by atoms with Crippen LogP contribution >= 0.6 is 23.1 Å². The lowest BCUT2D eigenvalue weighted by Crippen LogP contribution is -2.71. The van der Waals surface area contributed by atoms with Gasteiger partial charge >= 0.3 is 11.9 Å². The molecule has 1 aromatic heterocycles. The smallest absolute Gasteiger partial charge is 0.327 e. The number of thioether (sulfide) groups is 1. The van der Waals surface area contributed by atoms with Crippen molar-refractivity contribution in [3.8, 4) is 5.75 Å². The Bertz CT molecular complexity index is 2200. The Kier molecular flexibility index (Phi) is 10.1. The van der Waals surface area contributed by atoms with Gasteiger partial charge in [-0.15, -0.1) is 11.8 Å². The van der Waals surface area contributed by atoms with Crippen LogP contribution in [0.1, 0.15) is 54.6 Å². The van der Waals surface area contributed by atoms with Crippen LogP contribution in [0.4, 0.5) is 0 Å². The minimum Gasteiger partial charge on any atom is -0.510 e. The first-order valence-corrected chi connectivity index (χ1v) is 19.2. The molecule has 57 heavy (non-hydrogen) atoms. The Hall–Kier alpha value is -5.28. The highest BCUT2D eigenvalue weighted by atomic mass is 32.2. The lowest BCUT2D eigenvalue weighted by molar-refractivity contribution is -0.161. The van der Waals surface area contributed by atoms with Crippen molar-refractivity contribution in [1.29, 1.82) is 0 Å². The molecule has 2 fully saturated rings. The summed E-state index contributed by atoms with van der Waals surface area (Å²) >= 11 is 2.56. The highest BCUT2D eigenvalue weighted by molar-refractivity contribution is 8.01. The lowest BCUT2D eigenvalue weighted by atomic mass is 9.55. The molecule has 2 aliphatic heterocycles. The highest BCUT2D eigenvalue weighted by Gasteiger charge is 2.66. The van der Waals surface area contributed by atoms with Gasteiger partial charge in [-0.2, -0.15) is 11.3 Å². The number of phenols is 1. The molecule has 3 heterocycles. The topological polar surface area (TPSA) is 306 Å². The number of aliphatic carboxylic acids is 2. The van der Waals surface area contributed by atoms with E-state index in [1.807, 2.05) is 0 Å². The van der Waals surface area contributed by atoms with E-state index in [1.165, 1.54) is 72.1 Å². The number of thiophene rings is 1. The number of aromatic hydroxyl groups is 1. The number of carboxylic acid groups (broad SMARTS) is 2. The maximum atomic E-state index is 13.3. The zero-order valence-corrected chi connectivity index (χ0v) is 32.6. The third-order valence-electron chi connectivity index (χ3n) is 11.4. The first-order valence-electron chi connectivity index (χ1n) is 17.4. The maximum absolute atomic E-state index is 13.3. The predicted molar refractivity (Wildman–Crippen MR) is 200 cm³/mol. The van der Waals surface area contributed by atoms with Crippen molar-refractivity contribution >= 4 is 64.3 Å². The number of hydrogen-bond donors (Lipinski definition) is 9. The number of nitrogens with zero attached hydrogens (tertiary/aromatic N) is 2. The summed E-state index contributed by atoms with van der Waals surface area (Å²) in [6, 6.07) is 2.71. The molecule has 0 unspecified atom stereocenters. The number of amides is 3. The van der Waals surface area contributed by atoms with E-state index in [1.54, 1.807) is 30.7 Å². The van der Waals surface area contributed by atoms with E-state index in [-0.39, 0.29) is 17.5 Å². The number of carbonyl (C=O) groups is 7. The van der Waals surface area contributed by atoms with E-state index in [9.17, 15) is 69.3 Å². The number of aliphatic hydroxyl groups excluding tert-OH is 2. The van der Waals surface area contributed by atoms with Crippen molar-refractivity contribution in [1.82, 2.24) is 15.1 Å². The number of nitrogens with two attached hydrogens (primary N) is 1. The number of rotatable bonds is 7. The molecule has 7 rings (SSSR count). The van der Waals surface area contributed by atoms with Gasteiger partial charge in [0.2, 0.25) is 17.6 Å². The second kappa shape index (κ2) is 14.0. The largest absolute Gasteiger partial charge is 0.510 e. The highest BCUT2D eigenvalue weighted by Crippen LogP contribution is 2.56. The molecule has 10 N–H and O–H groups in total. The Morgan fingerprint density at radius 2 is 1.67 bits per heavy atom. The van der Waals surface area contributed by atoms with Crippen LogP contribution in [-0.4, -0.2) is 135 Å². The number of Topliss-reactive ketones (excluding diaryl/α,β-unsaturated/α-hetero) is 2. The van der Waals surface area contributed by atoms with E-state index in [0.717, 1.165) is 0 Å². The number of nitrogens with one attached hydrogen (secondary N) is 1. The number of carbonyl (C=O) groups excluding carboxylic acids is 5. The van der Waals surface area contributed by atoms with Crippen molar-refractivity contribution in [3.05, 3.63) is 74.4 Å². The van der Waals surface area contributed by atoms with Crippen LogP contribution in [-0.2, 0) is 34.4 Å². The van der Waals surface area contributed by atoms with E-state index in [2.05, 4.69) is 5.32 Å². The first kappa shape index (κ1) is 41.4. The summed E-state index contributed by atoms with van der Waals surface area (Å²) in [5.41, 5.74) is -0.305. The molecule has 3 aliphatic carbocycles. The van der Waals surface area contributed by atoms with Gasteiger partial charge in [-0.25, -0.2) is 4.79 Å². The SMILES string of the molecule is CC1(C)S[C@@H]2[C@H](NC(=O)[C@H](C(=O)O)c3ccsc3)C(=O)N2[C@H]1C(=O)O.CN(C)[C@@H]1C(O)=C(C(N)=O)C(=O)[C@@]2(O)C(O)=C3C(=O)c4c(O)cccc4[C@@](C)(O)[C@H]3C[C@@H]12. The number of primary amides is 1. The fourth-order valence-corrected chi connectivity index (χ4v) is 11.0. The second-order valence-electron chi connectivity index (χ2n) is 15.4. The molecular formula is C37H40N4O14S2. The van der Waals surface area contributed by atoms with Crippen LogP contribution in [0.3, 0.4) is 0 Å². The lowest BCUT2D eigenvalue weighted by Gasteiger charge is -2.52. The molecule has 304 valence electrons. The van der Waals surface area contributed by atoms with Crippen molar-refractivity contribution in [2.45, 2.75) is 72.6 Å². The van der Waals surface area contributed by atoms with Crippen LogP contribution in [0.2, 0.25) is 0 Å². The molecule has 9 atom stereocenters. The second-order valence-corrected chi connectivity index (χ2v) is 17.9. The number of aliphatic hydroxyl groups is 4. The Labute approximate surface area is 332 Å². The van der Waals surface area contributed by atoms with Crippen molar-refractivity contribution in [3.63, 3.8) is 0 Å². The zero-order chi connectivity index (χ0) is 42.4. The fourth-order valence-electron chi connectivity index (χ4n) is 8.74. The van der Waals surface area contributed by atoms with Gasteiger partial charge in [0, 0.05) is 22.2 Å². The average Bonchev–Trinajstić information content (AvgIpc) is 3.71. The zero-order valence-electron chi connectivity index (χ0n) is 31.0. The first-order chi connectivity index (χ1) is 26.4. The number of phenolic OH excluding ortho intramolecular Hbond substituents is 1. The molecular weight excluding hydrogens is 789 g/mol. The van der Waals surface area contributed by atoms with Crippen molar-refractivity contribution in [2.24, 2.45) is 17.6 Å². The third-order valence-corrected chi connectivity index (χ3v) is 13.7. The van der Waals surface area contributed by atoms with Crippen molar-refractivity contribution in [2.75, 3.05) is 14.1 Å². The van der Waals surface area contributed by atoms with E-state index in [4.69, 9.17) is 5.73 Å². The average molecular weight is 829 g/mol. The molecule has 0 spiro atoms.